The van der Waals surface area contributed by atoms with Gasteiger partial charge in [-0.1, -0.05) is 34.1 Å². The van der Waals surface area contributed by atoms with Gasteiger partial charge in [-0.15, -0.1) is 0 Å². The number of aromatic amines is 1. The minimum Gasteiger partial charge on any atom is -0.352 e. The molecule has 1 atom stereocenters. The summed E-state index contributed by atoms with van der Waals surface area (Å²) in [6, 6.07) is 14.4. The summed E-state index contributed by atoms with van der Waals surface area (Å²) in [5.74, 6) is 0.128. The van der Waals surface area contributed by atoms with Crippen molar-refractivity contribution in [2.45, 2.75) is 12.0 Å². The van der Waals surface area contributed by atoms with Crippen LogP contribution in [-0.2, 0) is 16.8 Å². The molecule has 5 heteroatoms. The van der Waals surface area contributed by atoms with Gasteiger partial charge in [-0.3, -0.25) is 4.79 Å². The van der Waals surface area contributed by atoms with E-state index < -0.39 is 5.54 Å². The number of nitrogens with one attached hydrogen (secondary N) is 1. The second-order valence-corrected chi connectivity index (χ2v) is 7.52. The predicted molar refractivity (Wildman–Crippen MR) is 97.1 cm³/mol. The SMILES string of the molecule is CN1C(=O)[C@]2([NH2+]CCc3c2[nH]c2ccccc32)c2cc(Br)ccc21. The average molecular weight is 383 g/mol. The molecule has 2 aliphatic heterocycles. The Hall–Kier alpha value is -2.11. The number of anilines is 1. The van der Waals surface area contributed by atoms with Crippen LogP contribution in [0.1, 0.15) is 16.8 Å². The van der Waals surface area contributed by atoms with Gasteiger partial charge in [0, 0.05) is 28.8 Å². The number of quaternary nitrogens is 1. The average Bonchev–Trinajstić information content (AvgIpc) is 3.07. The molecule has 5 rings (SSSR count). The van der Waals surface area contributed by atoms with E-state index >= 15 is 0 Å². The van der Waals surface area contributed by atoms with E-state index in [0.717, 1.165) is 39.9 Å². The van der Waals surface area contributed by atoms with E-state index in [9.17, 15) is 4.79 Å². The van der Waals surface area contributed by atoms with Crippen LogP contribution in [-0.4, -0.2) is 24.5 Å². The molecule has 0 bridgehead atoms. The number of halogens is 1. The van der Waals surface area contributed by atoms with Crippen molar-refractivity contribution in [3.8, 4) is 0 Å². The third-order valence-electron chi connectivity index (χ3n) is 5.44. The Kier molecular flexibility index (Phi) is 2.80. The lowest BCUT2D eigenvalue weighted by molar-refractivity contribution is -0.714. The summed E-state index contributed by atoms with van der Waals surface area (Å²) in [6.45, 7) is 0.903. The number of aromatic nitrogens is 1. The van der Waals surface area contributed by atoms with Crippen LogP contribution in [0.2, 0.25) is 0 Å². The molecule has 24 heavy (non-hydrogen) atoms. The molecule has 3 aromatic rings. The molecular formula is C19H17BrN3O+. The molecule has 1 aromatic heterocycles. The molecule has 4 nitrogen and oxygen atoms in total. The quantitative estimate of drug-likeness (QED) is 0.615. The molecule has 2 aromatic carbocycles. The Morgan fingerprint density at radius 1 is 1.25 bits per heavy atom. The number of amides is 1. The number of likely N-dealkylation sites (N-methyl/N-ethyl adjacent to an activating group) is 1. The van der Waals surface area contributed by atoms with Gasteiger partial charge in [-0.25, -0.2) is 0 Å². The molecule has 120 valence electrons. The highest BCUT2D eigenvalue weighted by atomic mass is 79.9. The fraction of sp³-hybridized carbons (Fsp3) is 0.211. The maximum absolute atomic E-state index is 13.3. The molecular weight excluding hydrogens is 366 g/mol. The molecule has 0 saturated carbocycles. The van der Waals surface area contributed by atoms with Crippen LogP contribution < -0.4 is 10.2 Å². The number of nitrogens with zero attached hydrogens (tertiary/aromatic N) is 1. The van der Waals surface area contributed by atoms with Gasteiger partial charge in [0.25, 0.3) is 5.91 Å². The van der Waals surface area contributed by atoms with Gasteiger partial charge < -0.3 is 15.2 Å². The summed E-state index contributed by atoms with van der Waals surface area (Å²) >= 11 is 3.58. The van der Waals surface area contributed by atoms with Crippen molar-refractivity contribution in [1.29, 1.82) is 0 Å². The zero-order chi connectivity index (χ0) is 16.5. The highest BCUT2D eigenvalue weighted by Crippen LogP contribution is 2.45. The molecule has 0 unspecified atom stereocenters. The first-order chi connectivity index (χ1) is 11.6. The first-order valence-electron chi connectivity index (χ1n) is 8.15. The normalized spacial score (nSPS) is 22.2. The highest BCUT2D eigenvalue weighted by Gasteiger charge is 2.58. The zero-order valence-electron chi connectivity index (χ0n) is 13.3. The Labute approximate surface area is 148 Å². The van der Waals surface area contributed by atoms with Gasteiger partial charge in [-0.2, -0.15) is 0 Å². The van der Waals surface area contributed by atoms with Gasteiger partial charge >= 0.3 is 0 Å². The van der Waals surface area contributed by atoms with Crippen molar-refractivity contribution in [3.05, 3.63) is 63.8 Å². The minimum atomic E-state index is -0.694. The van der Waals surface area contributed by atoms with E-state index in [4.69, 9.17) is 0 Å². The van der Waals surface area contributed by atoms with Crippen LogP contribution in [0.25, 0.3) is 10.9 Å². The summed E-state index contributed by atoms with van der Waals surface area (Å²) in [6.07, 6.45) is 0.974. The Balaban J connectivity index is 1.88. The van der Waals surface area contributed by atoms with Crippen molar-refractivity contribution in [2.75, 3.05) is 18.5 Å². The number of hydrogen-bond donors (Lipinski definition) is 2. The smallest absolute Gasteiger partial charge is 0.299 e. The summed E-state index contributed by atoms with van der Waals surface area (Å²) in [5, 5.41) is 3.43. The van der Waals surface area contributed by atoms with E-state index in [2.05, 4.69) is 50.5 Å². The second-order valence-electron chi connectivity index (χ2n) is 6.60. The highest BCUT2D eigenvalue weighted by molar-refractivity contribution is 9.10. The van der Waals surface area contributed by atoms with Crippen molar-refractivity contribution in [2.24, 2.45) is 0 Å². The fourth-order valence-electron chi connectivity index (χ4n) is 4.38. The Bertz CT molecular complexity index is 1010. The van der Waals surface area contributed by atoms with E-state index in [-0.39, 0.29) is 5.91 Å². The fourth-order valence-corrected chi connectivity index (χ4v) is 4.74. The van der Waals surface area contributed by atoms with E-state index in [1.54, 1.807) is 4.90 Å². The monoisotopic (exact) mass is 382 g/mol. The summed E-state index contributed by atoms with van der Waals surface area (Å²) in [7, 11) is 1.87. The largest absolute Gasteiger partial charge is 0.352 e. The topological polar surface area (TPSA) is 52.7 Å². The number of fused-ring (bicyclic) bond motifs is 6. The summed E-state index contributed by atoms with van der Waals surface area (Å²) in [4.78, 5) is 18.7. The van der Waals surface area contributed by atoms with Crippen molar-refractivity contribution >= 4 is 38.4 Å². The number of nitrogens with two attached hydrogens (primary N) is 1. The van der Waals surface area contributed by atoms with Crippen molar-refractivity contribution < 1.29 is 10.1 Å². The molecule has 0 radical (unpaired) electrons. The molecule has 3 N–H and O–H groups in total. The number of benzene rings is 2. The van der Waals surface area contributed by atoms with E-state index in [0.29, 0.717) is 0 Å². The minimum absolute atomic E-state index is 0.128. The van der Waals surface area contributed by atoms with Gasteiger partial charge in [0.15, 0.2) is 0 Å². The number of carbonyl (C=O) groups excluding carboxylic acids is 1. The van der Waals surface area contributed by atoms with Crippen LogP contribution in [0.4, 0.5) is 5.69 Å². The van der Waals surface area contributed by atoms with E-state index in [1.165, 1.54) is 10.9 Å². The molecule has 2 aliphatic rings. The lowest BCUT2D eigenvalue weighted by atomic mass is 9.82. The van der Waals surface area contributed by atoms with E-state index in [1.807, 2.05) is 25.2 Å². The first kappa shape index (κ1) is 14.3. The zero-order valence-corrected chi connectivity index (χ0v) is 14.9. The molecule has 0 saturated heterocycles. The lowest BCUT2D eigenvalue weighted by Gasteiger charge is -2.30. The Morgan fingerprint density at radius 2 is 2.08 bits per heavy atom. The van der Waals surface area contributed by atoms with Gasteiger partial charge in [-0.05, 0) is 29.8 Å². The van der Waals surface area contributed by atoms with Crippen LogP contribution in [0.15, 0.2) is 46.9 Å². The van der Waals surface area contributed by atoms with Crippen molar-refractivity contribution in [1.82, 2.24) is 4.98 Å². The third-order valence-corrected chi connectivity index (χ3v) is 5.93. The summed E-state index contributed by atoms with van der Waals surface area (Å²) < 4.78 is 1.00. The van der Waals surface area contributed by atoms with Crippen LogP contribution in [0, 0.1) is 0 Å². The molecule has 1 spiro atoms. The lowest BCUT2D eigenvalue weighted by Crippen LogP contribution is -2.99. The number of rotatable bonds is 0. The number of carbonyl (C=O) groups is 1. The number of hydrogen-bond acceptors (Lipinski definition) is 1. The second kappa shape index (κ2) is 4.71. The number of H-pyrrole nitrogens is 1. The molecule has 0 aliphatic carbocycles. The Morgan fingerprint density at radius 3 is 2.96 bits per heavy atom. The number of para-hydroxylation sites is 1. The predicted octanol–water partition coefficient (Wildman–Crippen LogP) is 2.27. The van der Waals surface area contributed by atoms with Gasteiger partial charge in [0.1, 0.15) is 0 Å². The van der Waals surface area contributed by atoms with Crippen molar-refractivity contribution in [3.63, 3.8) is 0 Å². The van der Waals surface area contributed by atoms with Crippen LogP contribution in [0.5, 0.6) is 0 Å². The standard InChI is InChI=1S/C19H16BrN3O/c1-23-16-7-6-11(20)10-14(16)19(18(23)24)17-13(8-9-21-19)12-4-2-3-5-15(12)22-17/h2-7,10,21-22H,8-9H2,1H3/p+1/t19-/m0/s1. The maximum Gasteiger partial charge on any atom is 0.299 e. The van der Waals surface area contributed by atoms with Gasteiger partial charge in [0.2, 0.25) is 5.54 Å². The molecule has 3 heterocycles. The third kappa shape index (κ3) is 1.59. The molecule has 1 amide bonds. The van der Waals surface area contributed by atoms with Gasteiger partial charge in [0.05, 0.1) is 23.5 Å². The van der Waals surface area contributed by atoms with Crippen LogP contribution in [0.3, 0.4) is 0 Å². The van der Waals surface area contributed by atoms with Crippen LogP contribution >= 0.6 is 15.9 Å². The maximum atomic E-state index is 13.3. The molecule has 0 fully saturated rings. The first-order valence-corrected chi connectivity index (χ1v) is 8.95. The summed E-state index contributed by atoms with van der Waals surface area (Å²) in [5.41, 5.74) is 4.80.